The van der Waals surface area contributed by atoms with Crippen molar-refractivity contribution in [1.29, 1.82) is 0 Å². The molecule has 0 spiro atoms. The standard InChI is InChI=1S/C13H11BrN4/c14-9-4-5-11(16-7-9)13-17-10-3-1-2-8(6-15)12(10)18-13/h1-5,7H,6,15H2,(H,17,18). The lowest BCUT2D eigenvalue weighted by molar-refractivity contribution is 1.08. The summed E-state index contributed by atoms with van der Waals surface area (Å²) in [5.41, 5.74) is 9.46. The largest absolute Gasteiger partial charge is 0.337 e. The summed E-state index contributed by atoms with van der Waals surface area (Å²) in [5, 5.41) is 0. The number of aromatic nitrogens is 3. The van der Waals surface area contributed by atoms with E-state index in [-0.39, 0.29) is 0 Å². The fourth-order valence-electron chi connectivity index (χ4n) is 1.89. The highest BCUT2D eigenvalue weighted by Crippen LogP contribution is 2.22. The van der Waals surface area contributed by atoms with E-state index in [0.29, 0.717) is 6.54 Å². The van der Waals surface area contributed by atoms with Crippen LogP contribution in [0.3, 0.4) is 0 Å². The Morgan fingerprint density at radius 2 is 2.11 bits per heavy atom. The van der Waals surface area contributed by atoms with Crippen LogP contribution < -0.4 is 5.73 Å². The molecule has 5 heteroatoms. The molecule has 2 aromatic heterocycles. The van der Waals surface area contributed by atoms with E-state index in [9.17, 15) is 0 Å². The van der Waals surface area contributed by atoms with Gasteiger partial charge in [-0.2, -0.15) is 0 Å². The molecule has 0 unspecified atom stereocenters. The number of aromatic amines is 1. The average molecular weight is 303 g/mol. The molecule has 3 N–H and O–H groups in total. The Labute approximate surface area is 112 Å². The number of rotatable bonds is 2. The molecule has 0 aliphatic carbocycles. The number of pyridine rings is 1. The van der Waals surface area contributed by atoms with Crippen molar-refractivity contribution in [2.45, 2.75) is 6.54 Å². The third-order valence-corrected chi connectivity index (χ3v) is 3.26. The second kappa shape index (κ2) is 4.51. The van der Waals surface area contributed by atoms with Crippen LogP contribution in [0.25, 0.3) is 22.6 Å². The molecule has 0 amide bonds. The van der Waals surface area contributed by atoms with Gasteiger partial charge in [0, 0.05) is 17.2 Å². The second-order valence-electron chi connectivity index (χ2n) is 3.96. The van der Waals surface area contributed by atoms with Crippen LogP contribution in [0.2, 0.25) is 0 Å². The van der Waals surface area contributed by atoms with Crippen LogP contribution in [0.4, 0.5) is 0 Å². The van der Waals surface area contributed by atoms with E-state index in [4.69, 9.17) is 5.73 Å². The molecule has 4 nitrogen and oxygen atoms in total. The van der Waals surface area contributed by atoms with Crippen molar-refractivity contribution >= 4 is 27.0 Å². The van der Waals surface area contributed by atoms with Crippen molar-refractivity contribution in [2.75, 3.05) is 0 Å². The zero-order valence-electron chi connectivity index (χ0n) is 9.52. The van der Waals surface area contributed by atoms with Gasteiger partial charge >= 0.3 is 0 Å². The topological polar surface area (TPSA) is 67.6 Å². The van der Waals surface area contributed by atoms with Gasteiger partial charge in [-0.05, 0) is 39.7 Å². The summed E-state index contributed by atoms with van der Waals surface area (Å²) in [6.45, 7) is 0.482. The molecule has 3 rings (SSSR count). The number of H-pyrrole nitrogens is 1. The van der Waals surface area contributed by atoms with Gasteiger partial charge in [-0.15, -0.1) is 0 Å². The number of imidazole rings is 1. The molecule has 0 fully saturated rings. The Kier molecular flexibility index (Phi) is 2.85. The van der Waals surface area contributed by atoms with Crippen molar-refractivity contribution in [3.63, 3.8) is 0 Å². The number of nitrogens with zero attached hydrogens (tertiary/aromatic N) is 2. The van der Waals surface area contributed by atoms with Crippen LogP contribution in [0, 0.1) is 0 Å². The summed E-state index contributed by atoms with van der Waals surface area (Å²) in [6.07, 6.45) is 1.76. The number of para-hydroxylation sites is 1. The van der Waals surface area contributed by atoms with Crippen LogP contribution in [-0.2, 0) is 6.54 Å². The van der Waals surface area contributed by atoms with Crippen LogP contribution in [-0.4, -0.2) is 15.0 Å². The predicted molar refractivity (Wildman–Crippen MR) is 74.9 cm³/mol. The van der Waals surface area contributed by atoms with E-state index in [1.54, 1.807) is 6.20 Å². The van der Waals surface area contributed by atoms with Crippen LogP contribution >= 0.6 is 15.9 Å². The molecule has 90 valence electrons. The summed E-state index contributed by atoms with van der Waals surface area (Å²) in [7, 11) is 0. The maximum absolute atomic E-state index is 5.71. The Morgan fingerprint density at radius 3 is 2.83 bits per heavy atom. The monoisotopic (exact) mass is 302 g/mol. The SMILES string of the molecule is NCc1cccc2[nH]c(-c3ccc(Br)cn3)nc12. The van der Waals surface area contributed by atoms with Gasteiger partial charge < -0.3 is 10.7 Å². The highest BCUT2D eigenvalue weighted by Gasteiger charge is 2.08. The van der Waals surface area contributed by atoms with E-state index in [2.05, 4.69) is 30.9 Å². The van der Waals surface area contributed by atoms with Crippen molar-refractivity contribution < 1.29 is 0 Å². The first-order chi connectivity index (χ1) is 8.78. The number of nitrogens with one attached hydrogen (secondary N) is 1. The number of nitrogens with two attached hydrogens (primary N) is 1. The summed E-state index contributed by atoms with van der Waals surface area (Å²) in [4.78, 5) is 12.2. The predicted octanol–water partition coefficient (Wildman–Crippen LogP) is 2.85. The zero-order valence-corrected chi connectivity index (χ0v) is 11.1. The Morgan fingerprint density at radius 1 is 1.22 bits per heavy atom. The zero-order chi connectivity index (χ0) is 12.5. The Hall–Kier alpha value is -1.72. The van der Waals surface area contributed by atoms with Gasteiger partial charge in [0.2, 0.25) is 0 Å². The lowest BCUT2D eigenvalue weighted by Crippen LogP contribution is -1.96. The second-order valence-corrected chi connectivity index (χ2v) is 4.88. The molecule has 0 aliphatic rings. The van der Waals surface area contributed by atoms with Crippen molar-refractivity contribution in [3.8, 4) is 11.5 Å². The molecular weight excluding hydrogens is 292 g/mol. The van der Waals surface area contributed by atoms with Crippen molar-refractivity contribution in [2.24, 2.45) is 5.73 Å². The first kappa shape index (κ1) is 11.4. The van der Waals surface area contributed by atoms with Crippen LogP contribution in [0.15, 0.2) is 41.0 Å². The minimum atomic E-state index is 0.482. The molecule has 1 aromatic carbocycles. The quantitative estimate of drug-likeness (QED) is 0.765. The first-order valence-corrected chi connectivity index (χ1v) is 6.37. The highest BCUT2D eigenvalue weighted by atomic mass is 79.9. The number of hydrogen-bond donors (Lipinski definition) is 2. The Bertz CT molecular complexity index is 688. The number of fused-ring (bicyclic) bond motifs is 1. The molecule has 0 atom stereocenters. The van der Waals surface area contributed by atoms with Gasteiger partial charge in [-0.1, -0.05) is 12.1 Å². The lowest BCUT2D eigenvalue weighted by atomic mass is 10.2. The fourth-order valence-corrected chi connectivity index (χ4v) is 2.13. The van der Waals surface area contributed by atoms with Crippen molar-refractivity contribution in [1.82, 2.24) is 15.0 Å². The molecule has 0 radical (unpaired) electrons. The minimum Gasteiger partial charge on any atom is -0.337 e. The van der Waals surface area contributed by atoms with Crippen molar-refractivity contribution in [3.05, 3.63) is 46.6 Å². The summed E-state index contributed by atoms with van der Waals surface area (Å²) in [5.74, 6) is 0.762. The van der Waals surface area contributed by atoms with Gasteiger partial charge in [0.15, 0.2) is 5.82 Å². The normalized spacial score (nSPS) is 11.0. The molecule has 0 saturated heterocycles. The van der Waals surface area contributed by atoms with E-state index < -0.39 is 0 Å². The molecule has 3 aromatic rings. The molecular formula is C13H11BrN4. The molecule has 18 heavy (non-hydrogen) atoms. The van der Waals surface area contributed by atoms with Gasteiger partial charge in [0.05, 0.1) is 11.0 Å². The number of hydrogen-bond acceptors (Lipinski definition) is 3. The first-order valence-electron chi connectivity index (χ1n) is 5.57. The highest BCUT2D eigenvalue weighted by molar-refractivity contribution is 9.10. The van der Waals surface area contributed by atoms with E-state index in [1.807, 2.05) is 30.3 Å². The molecule has 0 saturated carbocycles. The van der Waals surface area contributed by atoms with E-state index >= 15 is 0 Å². The maximum Gasteiger partial charge on any atom is 0.157 e. The summed E-state index contributed by atoms with van der Waals surface area (Å²) < 4.78 is 0.949. The van der Waals surface area contributed by atoms with Gasteiger partial charge in [0.1, 0.15) is 5.69 Å². The minimum absolute atomic E-state index is 0.482. The van der Waals surface area contributed by atoms with Gasteiger partial charge in [-0.3, -0.25) is 4.98 Å². The fraction of sp³-hybridized carbons (Fsp3) is 0.0769. The summed E-state index contributed by atoms with van der Waals surface area (Å²) >= 11 is 3.37. The lowest BCUT2D eigenvalue weighted by Gasteiger charge is -1.95. The number of benzene rings is 1. The van der Waals surface area contributed by atoms with E-state index in [0.717, 1.165) is 32.6 Å². The van der Waals surface area contributed by atoms with Crippen LogP contribution in [0.5, 0.6) is 0 Å². The summed E-state index contributed by atoms with van der Waals surface area (Å²) in [6, 6.07) is 9.82. The smallest absolute Gasteiger partial charge is 0.157 e. The molecule has 0 aliphatic heterocycles. The van der Waals surface area contributed by atoms with Gasteiger partial charge in [0.25, 0.3) is 0 Å². The van der Waals surface area contributed by atoms with Crippen LogP contribution in [0.1, 0.15) is 5.56 Å². The Balaban J connectivity index is 2.16. The third-order valence-electron chi connectivity index (χ3n) is 2.79. The maximum atomic E-state index is 5.71. The molecule has 2 heterocycles. The third kappa shape index (κ3) is 1.91. The van der Waals surface area contributed by atoms with E-state index in [1.165, 1.54) is 0 Å². The average Bonchev–Trinajstić information content (AvgIpc) is 2.83. The number of halogens is 1. The van der Waals surface area contributed by atoms with Gasteiger partial charge in [-0.25, -0.2) is 4.98 Å². The molecule has 0 bridgehead atoms.